The summed E-state index contributed by atoms with van der Waals surface area (Å²) in [6.07, 6.45) is 3.63. The van der Waals surface area contributed by atoms with Gasteiger partial charge in [-0.25, -0.2) is 14.4 Å². The predicted octanol–water partition coefficient (Wildman–Crippen LogP) is 3.10. The smallest absolute Gasteiger partial charge is 0.339 e. The summed E-state index contributed by atoms with van der Waals surface area (Å²) in [5, 5.41) is 5.98. The van der Waals surface area contributed by atoms with Gasteiger partial charge in [-0.2, -0.15) is 0 Å². The van der Waals surface area contributed by atoms with Gasteiger partial charge in [-0.15, -0.1) is 0 Å². The topological polar surface area (TPSA) is 107 Å². The molecule has 2 amide bonds. The Labute approximate surface area is 186 Å². The zero-order valence-corrected chi connectivity index (χ0v) is 18.5. The number of fused-ring (bicyclic) bond motifs is 2. The Morgan fingerprint density at radius 3 is 2.72 bits per heavy atom. The molecule has 0 unspecified atom stereocenters. The number of pyridine rings is 1. The molecule has 4 rings (SSSR count). The quantitative estimate of drug-likeness (QED) is 0.696. The SMILES string of the molecule is CCOC(=O)C1=C(COC(=O)c2c3c(nc4ccc(C)cc24)CCCC3)NC(=O)N[C@H]1C. The van der Waals surface area contributed by atoms with Gasteiger partial charge in [-0.05, 0) is 64.2 Å². The molecule has 2 aromatic rings. The lowest BCUT2D eigenvalue weighted by atomic mass is 9.89. The van der Waals surface area contributed by atoms with Crippen LogP contribution >= 0.6 is 0 Å². The number of hydrogen-bond donors (Lipinski definition) is 2. The number of carbonyl (C=O) groups is 3. The van der Waals surface area contributed by atoms with Gasteiger partial charge in [0.05, 0.1) is 35.0 Å². The molecule has 0 bridgehead atoms. The standard InChI is InChI=1S/C24H27N3O5/c1-4-31-22(28)20-14(3)25-24(30)27-19(20)12-32-23(29)21-15-7-5-6-8-17(15)26-18-10-9-13(2)11-16(18)21/h9-11,14H,4-8,12H2,1-3H3,(H2,25,27,30)/t14-/m0/s1. The number of nitrogens with zero attached hydrogens (tertiary/aromatic N) is 1. The molecule has 32 heavy (non-hydrogen) atoms. The lowest BCUT2D eigenvalue weighted by molar-refractivity contribution is -0.139. The molecule has 1 aliphatic heterocycles. The highest BCUT2D eigenvalue weighted by atomic mass is 16.5. The van der Waals surface area contributed by atoms with E-state index in [2.05, 4.69) is 10.6 Å². The zero-order valence-electron chi connectivity index (χ0n) is 18.5. The van der Waals surface area contributed by atoms with Crippen LogP contribution in [-0.2, 0) is 27.1 Å². The molecule has 1 aromatic heterocycles. The molecule has 1 aromatic carbocycles. The number of benzene rings is 1. The van der Waals surface area contributed by atoms with Gasteiger partial charge in [-0.1, -0.05) is 11.6 Å². The Kier molecular flexibility index (Phi) is 6.12. The van der Waals surface area contributed by atoms with Crippen LogP contribution in [0.5, 0.6) is 0 Å². The van der Waals surface area contributed by atoms with Crippen molar-refractivity contribution in [2.75, 3.05) is 13.2 Å². The maximum atomic E-state index is 13.3. The second-order valence-corrected chi connectivity index (χ2v) is 8.15. The number of aryl methyl sites for hydroxylation is 2. The third kappa shape index (κ3) is 4.17. The fraction of sp³-hybridized carbons (Fsp3) is 0.417. The number of urea groups is 1. The largest absolute Gasteiger partial charge is 0.463 e. The van der Waals surface area contributed by atoms with Crippen molar-refractivity contribution in [1.82, 2.24) is 15.6 Å². The monoisotopic (exact) mass is 437 g/mol. The van der Waals surface area contributed by atoms with E-state index in [0.717, 1.165) is 53.4 Å². The lowest BCUT2D eigenvalue weighted by Crippen LogP contribution is -2.50. The summed E-state index contributed by atoms with van der Waals surface area (Å²) in [6, 6.07) is 4.83. The fourth-order valence-corrected chi connectivity index (χ4v) is 4.37. The van der Waals surface area contributed by atoms with Crippen LogP contribution in [-0.4, -0.2) is 42.2 Å². The Morgan fingerprint density at radius 1 is 1.16 bits per heavy atom. The number of aromatic nitrogens is 1. The van der Waals surface area contributed by atoms with E-state index in [4.69, 9.17) is 14.5 Å². The minimum absolute atomic E-state index is 0.199. The molecule has 2 heterocycles. The van der Waals surface area contributed by atoms with Crippen molar-refractivity contribution in [2.45, 2.75) is 52.5 Å². The van der Waals surface area contributed by atoms with Crippen molar-refractivity contribution in [3.63, 3.8) is 0 Å². The van der Waals surface area contributed by atoms with E-state index in [1.54, 1.807) is 13.8 Å². The minimum Gasteiger partial charge on any atom is -0.463 e. The summed E-state index contributed by atoms with van der Waals surface area (Å²) in [5.41, 5.74) is 4.67. The van der Waals surface area contributed by atoms with Crippen LogP contribution in [0.25, 0.3) is 10.9 Å². The first-order chi connectivity index (χ1) is 15.4. The highest BCUT2D eigenvalue weighted by Crippen LogP contribution is 2.30. The van der Waals surface area contributed by atoms with Crippen LogP contribution < -0.4 is 10.6 Å². The molecule has 1 aliphatic carbocycles. The van der Waals surface area contributed by atoms with Gasteiger partial charge in [0, 0.05) is 11.1 Å². The van der Waals surface area contributed by atoms with Crippen LogP contribution in [0, 0.1) is 6.92 Å². The van der Waals surface area contributed by atoms with E-state index in [0.29, 0.717) is 5.56 Å². The molecule has 0 radical (unpaired) electrons. The summed E-state index contributed by atoms with van der Waals surface area (Å²) < 4.78 is 10.8. The molecule has 1 atom stereocenters. The highest BCUT2D eigenvalue weighted by Gasteiger charge is 2.31. The van der Waals surface area contributed by atoms with Gasteiger partial charge in [0.25, 0.3) is 0 Å². The van der Waals surface area contributed by atoms with Gasteiger partial charge in [0.2, 0.25) is 0 Å². The van der Waals surface area contributed by atoms with Crippen LogP contribution in [0.2, 0.25) is 0 Å². The third-order valence-electron chi connectivity index (χ3n) is 5.83. The predicted molar refractivity (Wildman–Crippen MR) is 118 cm³/mol. The third-order valence-corrected chi connectivity index (χ3v) is 5.83. The molecule has 168 valence electrons. The van der Waals surface area contributed by atoms with Crippen LogP contribution in [0.1, 0.15) is 53.9 Å². The molecular formula is C24H27N3O5. The highest BCUT2D eigenvalue weighted by molar-refractivity contribution is 6.05. The number of hydrogen-bond acceptors (Lipinski definition) is 6. The second-order valence-electron chi connectivity index (χ2n) is 8.15. The van der Waals surface area contributed by atoms with Crippen LogP contribution in [0.4, 0.5) is 4.79 Å². The molecule has 0 fully saturated rings. The average molecular weight is 437 g/mol. The molecule has 0 saturated carbocycles. The van der Waals surface area contributed by atoms with E-state index in [1.807, 2.05) is 25.1 Å². The normalized spacial score (nSPS) is 18.0. The first-order valence-electron chi connectivity index (χ1n) is 11.0. The van der Waals surface area contributed by atoms with E-state index in [-0.39, 0.29) is 24.5 Å². The summed E-state index contributed by atoms with van der Waals surface area (Å²) >= 11 is 0. The number of ether oxygens (including phenoxy) is 2. The van der Waals surface area contributed by atoms with Crippen LogP contribution in [0.3, 0.4) is 0 Å². The van der Waals surface area contributed by atoms with Gasteiger partial charge >= 0.3 is 18.0 Å². The maximum absolute atomic E-state index is 13.3. The first-order valence-corrected chi connectivity index (χ1v) is 11.0. The number of carbonyl (C=O) groups excluding carboxylic acids is 3. The average Bonchev–Trinajstić information content (AvgIpc) is 2.75. The summed E-state index contributed by atoms with van der Waals surface area (Å²) in [7, 11) is 0. The Hall–Kier alpha value is -3.42. The van der Waals surface area contributed by atoms with Crippen molar-refractivity contribution in [1.29, 1.82) is 0 Å². The molecule has 2 aliphatic rings. The molecule has 8 heteroatoms. The maximum Gasteiger partial charge on any atom is 0.339 e. The van der Waals surface area contributed by atoms with Gasteiger partial charge in [0.1, 0.15) is 6.61 Å². The van der Waals surface area contributed by atoms with Crippen molar-refractivity contribution in [3.8, 4) is 0 Å². The van der Waals surface area contributed by atoms with Crippen molar-refractivity contribution >= 4 is 28.9 Å². The number of esters is 2. The van der Waals surface area contributed by atoms with Crippen molar-refractivity contribution in [2.24, 2.45) is 0 Å². The Morgan fingerprint density at radius 2 is 1.94 bits per heavy atom. The van der Waals surface area contributed by atoms with Gasteiger partial charge in [0.15, 0.2) is 0 Å². The molecule has 8 nitrogen and oxygen atoms in total. The summed E-state index contributed by atoms with van der Waals surface area (Å²) in [4.78, 5) is 42.5. The van der Waals surface area contributed by atoms with Gasteiger partial charge < -0.3 is 20.1 Å². The fourth-order valence-electron chi connectivity index (χ4n) is 4.37. The lowest BCUT2D eigenvalue weighted by Gasteiger charge is -2.26. The Bertz CT molecular complexity index is 1140. The van der Waals surface area contributed by atoms with Gasteiger partial charge in [-0.3, -0.25) is 4.98 Å². The van der Waals surface area contributed by atoms with Crippen molar-refractivity contribution in [3.05, 3.63) is 51.9 Å². The number of amides is 2. The number of nitrogens with one attached hydrogen (secondary N) is 2. The minimum atomic E-state index is -0.561. The van der Waals surface area contributed by atoms with Crippen molar-refractivity contribution < 1.29 is 23.9 Å². The van der Waals surface area contributed by atoms with E-state index in [9.17, 15) is 14.4 Å². The van der Waals surface area contributed by atoms with E-state index in [1.165, 1.54) is 0 Å². The number of rotatable bonds is 5. The Balaban J connectivity index is 1.69. The van der Waals surface area contributed by atoms with Crippen LogP contribution in [0.15, 0.2) is 29.5 Å². The molecule has 2 N–H and O–H groups in total. The zero-order chi connectivity index (χ0) is 22.8. The molecular weight excluding hydrogens is 410 g/mol. The summed E-state index contributed by atoms with van der Waals surface area (Å²) in [6.45, 7) is 5.32. The van der Waals surface area contributed by atoms with E-state index < -0.39 is 24.0 Å². The second kappa shape index (κ2) is 8.98. The van der Waals surface area contributed by atoms with E-state index >= 15 is 0 Å². The molecule has 0 spiro atoms. The first kappa shape index (κ1) is 21.8. The molecule has 0 saturated heterocycles. The summed E-state index contributed by atoms with van der Waals surface area (Å²) in [5.74, 6) is -1.04.